The first kappa shape index (κ1) is 17.4. The smallest absolute Gasteiger partial charge is 0.223 e. The van der Waals surface area contributed by atoms with E-state index in [-0.39, 0.29) is 5.91 Å². The summed E-state index contributed by atoms with van der Waals surface area (Å²) in [5.74, 6) is 0.949. The third-order valence-electron chi connectivity index (χ3n) is 5.23. The van der Waals surface area contributed by atoms with Gasteiger partial charge in [0.15, 0.2) is 0 Å². The average Bonchev–Trinajstić information content (AvgIpc) is 2.86. The van der Waals surface area contributed by atoms with E-state index >= 15 is 0 Å². The third-order valence-corrected chi connectivity index (χ3v) is 5.23. The molecule has 0 radical (unpaired) electrons. The van der Waals surface area contributed by atoms with E-state index in [2.05, 4.69) is 10.00 Å². The highest BCUT2D eigenvalue weighted by Gasteiger charge is 2.22. The summed E-state index contributed by atoms with van der Waals surface area (Å²) in [5.41, 5.74) is 1.12. The number of hydrogen-bond acceptors (Lipinski definition) is 4. The molecule has 0 aromatic carbocycles. The molecule has 2 aliphatic heterocycles. The van der Waals surface area contributed by atoms with Gasteiger partial charge in [-0.25, -0.2) is 0 Å². The molecule has 24 heavy (non-hydrogen) atoms. The SMILES string of the molecule is Cn1nccc1CCC(=O)N1CCCN(CC2CCCOC2)CC1. The molecule has 1 aromatic heterocycles. The van der Waals surface area contributed by atoms with Gasteiger partial charge in [0.25, 0.3) is 0 Å². The maximum absolute atomic E-state index is 12.5. The molecule has 2 fully saturated rings. The lowest BCUT2D eigenvalue weighted by molar-refractivity contribution is -0.131. The summed E-state index contributed by atoms with van der Waals surface area (Å²) in [6, 6.07) is 1.99. The van der Waals surface area contributed by atoms with Crippen LogP contribution >= 0.6 is 0 Å². The number of carbonyl (C=O) groups excluding carboxylic acids is 1. The predicted molar refractivity (Wildman–Crippen MR) is 92.7 cm³/mol. The molecule has 0 spiro atoms. The van der Waals surface area contributed by atoms with Crippen molar-refractivity contribution in [3.8, 4) is 0 Å². The van der Waals surface area contributed by atoms with Gasteiger partial charge in [0.2, 0.25) is 5.91 Å². The quantitative estimate of drug-likeness (QED) is 0.815. The van der Waals surface area contributed by atoms with Gasteiger partial charge in [-0.05, 0) is 44.2 Å². The molecule has 0 N–H and O–H groups in total. The molecule has 1 atom stereocenters. The van der Waals surface area contributed by atoms with Crippen molar-refractivity contribution in [1.82, 2.24) is 19.6 Å². The molecule has 0 aliphatic carbocycles. The van der Waals surface area contributed by atoms with E-state index in [0.29, 0.717) is 12.3 Å². The molecule has 1 amide bonds. The summed E-state index contributed by atoms with van der Waals surface area (Å²) in [5, 5.41) is 4.16. The van der Waals surface area contributed by atoms with Crippen LogP contribution < -0.4 is 0 Å². The van der Waals surface area contributed by atoms with Crippen molar-refractivity contribution in [2.24, 2.45) is 13.0 Å². The fourth-order valence-corrected chi connectivity index (χ4v) is 3.76. The van der Waals surface area contributed by atoms with Gasteiger partial charge in [0.1, 0.15) is 0 Å². The van der Waals surface area contributed by atoms with Crippen LogP contribution in [0, 0.1) is 5.92 Å². The molecule has 2 saturated heterocycles. The molecule has 1 unspecified atom stereocenters. The van der Waals surface area contributed by atoms with E-state index in [4.69, 9.17) is 4.74 Å². The first-order valence-electron chi connectivity index (χ1n) is 9.27. The van der Waals surface area contributed by atoms with Crippen molar-refractivity contribution in [3.05, 3.63) is 18.0 Å². The summed E-state index contributed by atoms with van der Waals surface area (Å²) in [7, 11) is 1.93. The number of nitrogens with zero attached hydrogens (tertiary/aromatic N) is 4. The average molecular weight is 334 g/mol. The van der Waals surface area contributed by atoms with Gasteiger partial charge in [0.05, 0.1) is 6.61 Å². The lowest BCUT2D eigenvalue weighted by atomic mass is 10.0. The topological polar surface area (TPSA) is 50.6 Å². The third kappa shape index (κ3) is 4.80. The minimum Gasteiger partial charge on any atom is -0.381 e. The molecule has 0 saturated carbocycles. The minimum atomic E-state index is 0.277. The molecule has 0 bridgehead atoms. The van der Waals surface area contributed by atoms with Crippen molar-refractivity contribution in [3.63, 3.8) is 0 Å². The Morgan fingerprint density at radius 2 is 2.21 bits per heavy atom. The Bertz CT molecular complexity index is 525. The Hall–Kier alpha value is -1.40. The van der Waals surface area contributed by atoms with Gasteiger partial charge in [-0.2, -0.15) is 5.10 Å². The first-order valence-corrected chi connectivity index (χ1v) is 9.27. The second-order valence-corrected chi connectivity index (χ2v) is 7.06. The zero-order valence-electron chi connectivity index (χ0n) is 14.8. The summed E-state index contributed by atoms with van der Waals surface area (Å²) >= 11 is 0. The molecule has 6 heteroatoms. The van der Waals surface area contributed by atoms with Crippen LogP contribution in [0.5, 0.6) is 0 Å². The fraction of sp³-hybridized carbons (Fsp3) is 0.778. The highest BCUT2D eigenvalue weighted by molar-refractivity contribution is 5.76. The number of ether oxygens (including phenoxy) is 1. The molecule has 134 valence electrons. The van der Waals surface area contributed by atoms with E-state index in [1.807, 2.05) is 22.7 Å². The first-order chi connectivity index (χ1) is 11.7. The number of aromatic nitrogens is 2. The summed E-state index contributed by atoms with van der Waals surface area (Å²) < 4.78 is 7.44. The highest BCUT2D eigenvalue weighted by atomic mass is 16.5. The van der Waals surface area contributed by atoms with Crippen molar-refractivity contribution >= 4 is 5.91 Å². The van der Waals surface area contributed by atoms with E-state index in [1.165, 1.54) is 12.8 Å². The van der Waals surface area contributed by atoms with E-state index < -0.39 is 0 Å². The Morgan fingerprint density at radius 3 is 2.96 bits per heavy atom. The van der Waals surface area contributed by atoms with E-state index in [1.54, 1.807) is 6.20 Å². The van der Waals surface area contributed by atoms with Gasteiger partial charge < -0.3 is 14.5 Å². The van der Waals surface area contributed by atoms with Crippen LogP contribution in [-0.2, 0) is 23.0 Å². The van der Waals surface area contributed by atoms with Crippen LogP contribution in [0.15, 0.2) is 12.3 Å². The Labute approximate surface area is 144 Å². The summed E-state index contributed by atoms with van der Waals surface area (Å²) in [6.45, 7) is 6.80. The van der Waals surface area contributed by atoms with Crippen molar-refractivity contribution in [2.45, 2.75) is 32.1 Å². The lowest BCUT2D eigenvalue weighted by Crippen LogP contribution is -2.38. The van der Waals surface area contributed by atoms with Gasteiger partial charge in [0, 0.05) is 58.1 Å². The zero-order valence-corrected chi connectivity index (χ0v) is 14.8. The molecular formula is C18H30N4O2. The second kappa shape index (κ2) is 8.62. The monoisotopic (exact) mass is 334 g/mol. The van der Waals surface area contributed by atoms with Crippen molar-refractivity contribution < 1.29 is 9.53 Å². The predicted octanol–water partition coefficient (Wildman–Crippen LogP) is 1.31. The lowest BCUT2D eigenvalue weighted by Gasteiger charge is -2.28. The number of carbonyl (C=O) groups is 1. The Kier molecular flexibility index (Phi) is 6.26. The van der Waals surface area contributed by atoms with Gasteiger partial charge >= 0.3 is 0 Å². The normalized spacial score (nSPS) is 23.2. The van der Waals surface area contributed by atoms with Crippen LogP contribution in [0.2, 0.25) is 0 Å². The van der Waals surface area contributed by atoms with Crippen LogP contribution in [0.4, 0.5) is 0 Å². The minimum absolute atomic E-state index is 0.277. The van der Waals surface area contributed by atoms with Crippen LogP contribution in [-0.4, -0.2) is 71.4 Å². The van der Waals surface area contributed by atoms with E-state index in [9.17, 15) is 4.79 Å². The van der Waals surface area contributed by atoms with Gasteiger partial charge in [-0.3, -0.25) is 9.48 Å². The van der Waals surface area contributed by atoms with Gasteiger partial charge in [-0.1, -0.05) is 0 Å². The van der Waals surface area contributed by atoms with Crippen molar-refractivity contribution in [2.75, 3.05) is 45.9 Å². The highest BCUT2D eigenvalue weighted by Crippen LogP contribution is 2.16. The Morgan fingerprint density at radius 1 is 1.29 bits per heavy atom. The molecule has 6 nitrogen and oxygen atoms in total. The Balaban J connectivity index is 1.42. The zero-order chi connectivity index (χ0) is 16.8. The van der Waals surface area contributed by atoms with Crippen LogP contribution in [0.25, 0.3) is 0 Å². The second-order valence-electron chi connectivity index (χ2n) is 7.06. The maximum atomic E-state index is 12.5. The fourth-order valence-electron chi connectivity index (χ4n) is 3.76. The molecule has 2 aliphatic rings. The largest absolute Gasteiger partial charge is 0.381 e. The summed E-state index contributed by atoms with van der Waals surface area (Å²) in [4.78, 5) is 17.1. The summed E-state index contributed by atoms with van der Waals surface area (Å²) in [6.07, 6.45) is 6.69. The van der Waals surface area contributed by atoms with Crippen LogP contribution in [0.3, 0.4) is 0 Å². The number of aryl methyl sites for hydroxylation is 2. The standard InChI is InChI=1S/C18H30N4O2/c1-20-17(7-8-19-20)5-6-18(23)22-10-3-9-21(11-12-22)14-16-4-2-13-24-15-16/h7-8,16H,2-6,9-15H2,1H3. The maximum Gasteiger partial charge on any atom is 0.223 e. The molecule has 3 heterocycles. The molecule has 3 rings (SSSR count). The molecule has 1 aromatic rings. The number of amides is 1. The van der Waals surface area contributed by atoms with Crippen LogP contribution in [0.1, 0.15) is 31.4 Å². The van der Waals surface area contributed by atoms with Gasteiger partial charge in [-0.15, -0.1) is 0 Å². The van der Waals surface area contributed by atoms with Crippen molar-refractivity contribution in [1.29, 1.82) is 0 Å². The number of rotatable bonds is 5. The van der Waals surface area contributed by atoms with E-state index in [0.717, 1.165) is 64.5 Å². The molecular weight excluding hydrogens is 304 g/mol. The number of hydrogen-bond donors (Lipinski definition) is 0.